The number of amides is 2. The molecule has 0 aromatic heterocycles. The minimum Gasteiger partial charge on any atom is -0.490 e. The van der Waals surface area contributed by atoms with Gasteiger partial charge in [0.15, 0.2) is 18.1 Å². The molecule has 0 bridgehead atoms. The molecular formula is C28H31N3O5. The Kier molecular flexibility index (Phi) is 9.88. The van der Waals surface area contributed by atoms with Gasteiger partial charge in [0.2, 0.25) is 0 Å². The van der Waals surface area contributed by atoms with Gasteiger partial charge in [-0.3, -0.25) is 9.59 Å². The summed E-state index contributed by atoms with van der Waals surface area (Å²) in [5.74, 6) is 0.882. The van der Waals surface area contributed by atoms with E-state index >= 15 is 0 Å². The van der Waals surface area contributed by atoms with Crippen LogP contribution in [0.15, 0.2) is 71.8 Å². The summed E-state index contributed by atoms with van der Waals surface area (Å²) in [6.45, 7) is 6.71. The maximum absolute atomic E-state index is 12.6. The molecule has 8 nitrogen and oxygen atoms in total. The zero-order valence-electron chi connectivity index (χ0n) is 20.7. The summed E-state index contributed by atoms with van der Waals surface area (Å²) in [6, 6.07) is 19.6. The molecule has 0 spiro atoms. The summed E-state index contributed by atoms with van der Waals surface area (Å²) in [6.07, 6.45) is 2.33. The zero-order chi connectivity index (χ0) is 25.8. The van der Waals surface area contributed by atoms with Gasteiger partial charge in [0.1, 0.15) is 5.75 Å². The van der Waals surface area contributed by atoms with Crippen molar-refractivity contribution in [3.8, 4) is 17.2 Å². The van der Waals surface area contributed by atoms with E-state index in [0.29, 0.717) is 47.3 Å². The fraction of sp³-hybridized carbons (Fsp3) is 0.250. The number of nitrogens with zero attached hydrogens (tertiary/aromatic N) is 1. The van der Waals surface area contributed by atoms with Crippen molar-refractivity contribution in [3.63, 3.8) is 0 Å². The number of para-hydroxylation sites is 1. The molecule has 0 fully saturated rings. The first kappa shape index (κ1) is 26.3. The van der Waals surface area contributed by atoms with Gasteiger partial charge in [-0.15, -0.1) is 0 Å². The number of hydrogen-bond donors (Lipinski definition) is 2. The van der Waals surface area contributed by atoms with Crippen molar-refractivity contribution >= 4 is 23.7 Å². The molecule has 0 aliphatic heterocycles. The lowest BCUT2D eigenvalue weighted by molar-refractivity contribution is -0.118. The Morgan fingerprint density at radius 2 is 1.67 bits per heavy atom. The Balaban J connectivity index is 1.59. The van der Waals surface area contributed by atoms with E-state index in [1.165, 1.54) is 6.21 Å². The highest BCUT2D eigenvalue weighted by Crippen LogP contribution is 2.28. The number of anilines is 1. The monoisotopic (exact) mass is 489 g/mol. The molecule has 3 aromatic carbocycles. The quantitative estimate of drug-likeness (QED) is 0.277. The van der Waals surface area contributed by atoms with Gasteiger partial charge in [-0.2, -0.15) is 5.10 Å². The maximum Gasteiger partial charge on any atom is 0.271 e. The van der Waals surface area contributed by atoms with Gasteiger partial charge in [0, 0.05) is 16.8 Å². The summed E-state index contributed by atoms with van der Waals surface area (Å²) < 4.78 is 17.0. The summed E-state index contributed by atoms with van der Waals surface area (Å²) in [5.41, 5.74) is 5.31. The lowest BCUT2D eigenvalue weighted by atomic mass is 10.2. The highest BCUT2D eigenvalue weighted by atomic mass is 16.5. The van der Waals surface area contributed by atoms with E-state index in [9.17, 15) is 9.59 Å². The number of rotatable bonds is 12. The van der Waals surface area contributed by atoms with Crippen molar-refractivity contribution in [2.75, 3.05) is 25.1 Å². The van der Waals surface area contributed by atoms with Crippen molar-refractivity contribution < 1.29 is 23.8 Å². The van der Waals surface area contributed by atoms with Crippen molar-refractivity contribution in [1.82, 2.24) is 5.43 Å². The number of hydrazone groups is 1. The first-order valence-electron chi connectivity index (χ1n) is 11.8. The van der Waals surface area contributed by atoms with Crippen LogP contribution in [0.25, 0.3) is 0 Å². The molecule has 0 heterocycles. The number of aryl methyl sites for hydroxylation is 1. The van der Waals surface area contributed by atoms with Crippen molar-refractivity contribution in [2.45, 2.75) is 27.2 Å². The van der Waals surface area contributed by atoms with E-state index in [0.717, 1.165) is 12.0 Å². The fourth-order valence-electron chi connectivity index (χ4n) is 3.17. The molecule has 0 unspecified atom stereocenters. The van der Waals surface area contributed by atoms with Gasteiger partial charge >= 0.3 is 0 Å². The number of hydrogen-bond acceptors (Lipinski definition) is 6. The number of benzene rings is 3. The SMILES string of the molecule is CCCOc1ccc(C(=O)N/N=C/c2ccccc2OCC(=O)Nc2ccc(C)cc2)cc1OCC. The molecule has 0 aliphatic carbocycles. The predicted molar refractivity (Wildman–Crippen MR) is 140 cm³/mol. The topological polar surface area (TPSA) is 98.3 Å². The molecule has 2 amide bonds. The first-order valence-corrected chi connectivity index (χ1v) is 11.8. The molecule has 0 atom stereocenters. The van der Waals surface area contributed by atoms with E-state index < -0.39 is 5.91 Å². The smallest absolute Gasteiger partial charge is 0.271 e. The third-order valence-electron chi connectivity index (χ3n) is 4.95. The molecule has 3 aromatic rings. The maximum atomic E-state index is 12.6. The van der Waals surface area contributed by atoms with Crippen LogP contribution in [0.4, 0.5) is 5.69 Å². The van der Waals surface area contributed by atoms with Gasteiger partial charge in [-0.1, -0.05) is 36.8 Å². The Morgan fingerprint density at radius 3 is 2.42 bits per heavy atom. The van der Waals surface area contributed by atoms with Crippen molar-refractivity contribution in [1.29, 1.82) is 0 Å². The third-order valence-corrected chi connectivity index (χ3v) is 4.95. The average Bonchev–Trinajstić information content (AvgIpc) is 2.89. The van der Waals surface area contributed by atoms with Crippen LogP contribution >= 0.6 is 0 Å². The Hall–Kier alpha value is -4.33. The largest absolute Gasteiger partial charge is 0.490 e. The minimum absolute atomic E-state index is 0.169. The van der Waals surface area contributed by atoms with E-state index in [-0.39, 0.29) is 12.5 Å². The molecule has 3 rings (SSSR count). The normalized spacial score (nSPS) is 10.6. The van der Waals surface area contributed by atoms with Crippen LogP contribution in [-0.4, -0.2) is 37.8 Å². The molecule has 188 valence electrons. The molecule has 2 N–H and O–H groups in total. The van der Waals surface area contributed by atoms with Gasteiger partial charge in [0.25, 0.3) is 11.8 Å². The molecule has 0 saturated carbocycles. The van der Waals surface area contributed by atoms with Crippen molar-refractivity contribution in [2.24, 2.45) is 5.10 Å². The lowest BCUT2D eigenvalue weighted by Gasteiger charge is -2.12. The number of carbonyl (C=O) groups excluding carboxylic acids is 2. The van der Waals surface area contributed by atoms with E-state index in [1.54, 1.807) is 36.4 Å². The molecule has 8 heteroatoms. The Morgan fingerprint density at radius 1 is 0.889 bits per heavy atom. The summed E-state index contributed by atoms with van der Waals surface area (Å²) >= 11 is 0. The highest BCUT2D eigenvalue weighted by Gasteiger charge is 2.12. The van der Waals surface area contributed by atoms with Gasteiger partial charge in [-0.05, 0) is 62.7 Å². The second-order valence-corrected chi connectivity index (χ2v) is 7.88. The van der Waals surface area contributed by atoms with Gasteiger partial charge in [-0.25, -0.2) is 5.43 Å². The van der Waals surface area contributed by atoms with E-state index in [1.807, 2.05) is 51.1 Å². The molecule has 0 radical (unpaired) electrons. The van der Waals surface area contributed by atoms with Crippen LogP contribution in [0.5, 0.6) is 17.2 Å². The van der Waals surface area contributed by atoms with Crippen LogP contribution in [0.1, 0.15) is 41.8 Å². The van der Waals surface area contributed by atoms with Crippen LogP contribution in [0.2, 0.25) is 0 Å². The average molecular weight is 490 g/mol. The zero-order valence-corrected chi connectivity index (χ0v) is 20.7. The van der Waals surface area contributed by atoms with Crippen LogP contribution < -0.4 is 25.0 Å². The summed E-state index contributed by atoms with van der Waals surface area (Å²) in [4.78, 5) is 24.9. The van der Waals surface area contributed by atoms with Crippen molar-refractivity contribution in [3.05, 3.63) is 83.4 Å². The minimum atomic E-state index is -0.398. The number of carbonyl (C=O) groups is 2. The second-order valence-electron chi connectivity index (χ2n) is 7.88. The summed E-state index contributed by atoms with van der Waals surface area (Å²) in [5, 5.41) is 6.84. The van der Waals surface area contributed by atoms with Gasteiger partial charge < -0.3 is 19.5 Å². The number of nitrogens with one attached hydrogen (secondary N) is 2. The summed E-state index contributed by atoms with van der Waals surface area (Å²) in [7, 11) is 0. The lowest BCUT2D eigenvalue weighted by Crippen LogP contribution is -2.20. The van der Waals surface area contributed by atoms with Crippen LogP contribution in [0.3, 0.4) is 0 Å². The fourth-order valence-corrected chi connectivity index (χ4v) is 3.17. The Bertz CT molecular complexity index is 1190. The first-order chi connectivity index (χ1) is 17.5. The van der Waals surface area contributed by atoms with Crippen LogP contribution in [0, 0.1) is 6.92 Å². The second kappa shape index (κ2) is 13.5. The van der Waals surface area contributed by atoms with E-state index in [2.05, 4.69) is 15.8 Å². The van der Waals surface area contributed by atoms with Crippen LogP contribution in [-0.2, 0) is 4.79 Å². The molecule has 0 aliphatic rings. The highest BCUT2D eigenvalue weighted by molar-refractivity contribution is 5.96. The predicted octanol–water partition coefficient (Wildman–Crippen LogP) is 4.96. The molecular weight excluding hydrogens is 458 g/mol. The molecule has 36 heavy (non-hydrogen) atoms. The standard InChI is InChI=1S/C28H31N3O5/c1-4-16-35-25-15-12-21(17-26(25)34-5-2)28(33)31-29-18-22-8-6-7-9-24(22)36-19-27(32)30-23-13-10-20(3)11-14-23/h6-15,17-18H,4-5,16,19H2,1-3H3,(H,30,32)(H,31,33)/b29-18+. The van der Waals surface area contributed by atoms with Gasteiger partial charge in [0.05, 0.1) is 19.4 Å². The third kappa shape index (κ3) is 7.87. The van der Waals surface area contributed by atoms with E-state index in [4.69, 9.17) is 14.2 Å². The Labute approximate surface area is 211 Å². The molecule has 0 saturated heterocycles. The number of ether oxygens (including phenoxy) is 3.